The van der Waals surface area contributed by atoms with Crippen LogP contribution in [0.3, 0.4) is 0 Å². The first kappa shape index (κ1) is 52.8. The van der Waals surface area contributed by atoms with Gasteiger partial charge in [-0.2, -0.15) is 0 Å². The normalized spacial score (nSPS) is 16.0. The number of sulfone groups is 1. The van der Waals surface area contributed by atoms with Crippen LogP contribution >= 0.6 is 23.4 Å². The fourth-order valence-corrected chi connectivity index (χ4v) is 13.4. The SMILES string of the molecule is Cc1cc(S(=O)(=O)Nc2ccc(N3CCN(c4cc(F)cc(-c5c(S(C)(=O)=O)c(C)n(C(C)C)c5-c5ccc(Cl)cc5)c4)CC3)cc2)ccc1N[C@H](CCN1CCC(C)(C(=O)O)CC1)CSc1ccccc1. The van der Waals surface area contributed by atoms with Gasteiger partial charge in [0.1, 0.15) is 5.82 Å². The standard InChI is InChI=1S/C55H64ClFN6O6S3/c1-37(2)63-39(4)53(71(6,66)67)51(52(63)40-12-14-42(56)15-13-40)41-33-43(57)35-47(34-41)62-30-28-61(29-31-62)46-18-16-44(17-19-46)59-72(68,69)49-20-21-50(38(3)32-49)58-45(36-70-48-10-8-7-9-11-48)22-25-60-26-23-55(5,24-27-60)54(64)65/h7-21,32-35,37,45,58-59H,22-31,36H2,1-6H3,(H,64,65)/t45-/m1/s1. The van der Waals surface area contributed by atoms with E-state index in [0.29, 0.717) is 77.9 Å². The molecule has 0 unspecified atom stereocenters. The van der Waals surface area contributed by atoms with Gasteiger partial charge in [0.2, 0.25) is 0 Å². The maximum absolute atomic E-state index is 15.7. The number of piperazine rings is 1. The van der Waals surface area contributed by atoms with Crippen molar-refractivity contribution in [1.82, 2.24) is 9.47 Å². The molecule has 2 fully saturated rings. The Morgan fingerprint density at radius 2 is 1.44 bits per heavy atom. The first-order valence-corrected chi connectivity index (χ1v) is 29.1. The van der Waals surface area contributed by atoms with E-state index in [2.05, 4.69) is 36.9 Å². The molecule has 1 atom stereocenters. The van der Waals surface area contributed by atoms with E-state index in [1.54, 1.807) is 55.1 Å². The highest BCUT2D eigenvalue weighted by atomic mass is 35.5. The number of carboxylic acids is 1. The number of carbonyl (C=O) groups is 1. The van der Waals surface area contributed by atoms with Crippen LogP contribution in [0.5, 0.6) is 0 Å². The first-order chi connectivity index (χ1) is 34.2. The van der Waals surface area contributed by atoms with Gasteiger partial charge in [0.05, 0.1) is 20.9 Å². The number of aryl methyl sites for hydroxylation is 1. The number of nitrogens with one attached hydrogen (secondary N) is 2. The largest absolute Gasteiger partial charge is 0.481 e. The number of sulfonamides is 1. The molecule has 0 radical (unpaired) electrons. The molecule has 3 heterocycles. The van der Waals surface area contributed by atoms with E-state index < -0.39 is 37.1 Å². The predicted octanol–water partition coefficient (Wildman–Crippen LogP) is 11.5. The molecule has 2 saturated heterocycles. The highest BCUT2D eigenvalue weighted by Gasteiger charge is 2.37. The average molecular weight is 1060 g/mol. The van der Waals surface area contributed by atoms with Gasteiger partial charge in [-0.1, -0.05) is 41.9 Å². The van der Waals surface area contributed by atoms with Crippen LogP contribution in [0.25, 0.3) is 22.4 Å². The number of likely N-dealkylation sites (tertiary alicyclic amines) is 1. The number of aromatic nitrogens is 1. The zero-order valence-electron chi connectivity index (χ0n) is 41.7. The van der Waals surface area contributed by atoms with E-state index in [-0.39, 0.29) is 21.9 Å². The molecule has 1 aromatic heterocycles. The van der Waals surface area contributed by atoms with Crippen LogP contribution in [0.2, 0.25) is 5.02 Å². The fraction of sp³-hybridized carbons (Fsp3) is 0.364. The number of piperidine rings is 1. The number of nitrogens with zero attached hydrogens (tertiary/aromatic N) is 4. The third kappa shape index (κ3) is 12.1. The lowest BCUT2D eigenvalue weighted by atomic mass is 9.80. The summed E-state index contributed by atoms with van der Waals surface area (Å²) in [4.78, 5) is 19.9. The molecule has 3 N–H and O–H groups in total. The third-order valence-corrected chi connectivity index (χ3v) is 18.1. The molecule has 0 saturated carbocycles. The Kier molecular flexibility index (Phi) is 16.1. The Labute approximate surface area is 433 Å². The van der Waals surface area contributed by atoms with Gasteiger partial charge in [-0.05, 0) is 169 Å². The van der Waals surface area contributed by atoms with Gasteiger partial charge in [-0.25, -0.2) is 21.2 Å². The summed E-state index contributed by atoms with van der Waals surface area (Å²) in [6, 6.07) is 34.6. The summed E-state index contributed by atoms with van der Waals surface area (Å²) in [5, 5.41) is 13.9. The highest BCUT2D eigenvalue weighted by molar-refractivity contribution is 7.99. The minimum Gasteiger partial charge on any atom is -0.481 e. The second kappa shape index (κ2) is 21.9. The molecule has 8 rings (SSSR count). The smallest absolute Gasteiger partial charge is 0.309 e. The number of hydrogen-bond acceptors (Lipinski definition) is 10. The fourth-order valence-electron chi connectivity index (χ4n) is 9.94. The molecule has 2 aliphatic rings. The number of anilines is 4. The van der Waals surface area contributed by atoms with Crippen LogP contribution in [0, 0.1) is 25.1 Å². The van der Waals surface area contributed by atoms with Crippen molar-refractivity contribution in [2.24, 2.45) is 5.41 Å². The molecule has 0 aliphatic carbocycles. The van der Waals surface area contributed by atoms with Crippen molar-refractivity contribution in [1.29, 1.82) is 0 Å². The molecular formula is C55H64ClFN6O6S3. The molecule has 5 aromatic carbocycles. The van der Waals surface area contributed by atoms with E-state index in [1.165, 1.54) is 18.4 Å². The first-order valence-electron chi connectivity index (χ1n) is 24.3. The molecular weight excluding hydrogens is 991 g/mol. The summed E-state index contributed by atoms with van der Waals surface area (Å²) in [6.07, 6.45) is 3.27. The lowest BCUT2D eigenvalue weighted by Gasteiger charge is -2.37. The summed E-state index contributed by atoms with van der Waals surface area (Å²) in [5.74, 6) is -0.413. The molecule has 382 valence electrons. The summed E-state index contributed by atoms with van der Waals surface area (Å²) < 4.78 is 75.1. The summed E-state index contributed by atoms with van der Waals surface area (Å²) >= 11 is 8.03. The molecule has 0 spiro atoms. The van der Waals surface area contributed by atoms with Crippen LogP contribution in [0.1, 0.15) is 57.3 Å². The topological polar surface area (TPSA) is 144 Å². The Bertz CT molecular complexity index is 3120. The summed E-state index contributed by atoms with van der Waals surface area (Å²) in [6.45, 7) is 14.2. The van der Waals surface area contributed by atoms with Crippen molar-refractivity contribution in [3.05, 3.63) is 137 Å². The zero-order chi connectivity index (χ0) is 51.5. The van der Waals surface area contributed by atoms with Crippen molar-refractivity contribution >= 4 is 71.9 Å². The van der Waals surface area contributed by atoms with Gasteiger partial charge in [0, 0.05) is 101 Å². The van der Waals surface area contributed by atoms with E-state index in [1.807, 2.05) is 86.9 Å². The molecule has 6 aromatic rings. The van der Waals surface area contributed by atoms with Gasteiger partial charge in [-0.15, -0.1) is 11.8 Å². The molecule has 12 nitrogen and oxygen atoms in total. The molecule has 72 heavy (non-hydrogen) atoms. The van der Waals surface area contributed by atoms with Crippen LogP contribution < -0.4 is 19.8 Å². The second-order valence-corrected chi connectivity index (χ2v) is 24.8. The number of hydrogen-bond donors (Lipinski definition) is 3. The van der Waals surface area contributed by atoms with Crippen molar-refractivity contribution in [2.75, 3.05) is 77.7 Å². The van der Waals surface area contributed by atoms with Gasteiger partial charge in [0.15, 0.2) is 9.84 Å². The van der Waals surface area contributed by atoms with Crippen molar-refractivity contribution in [3.63, 3.8) is 0 Å². The van der Waals surface area contributed by atoms with Crippen LogP contribution in [0.4, 0.5) is 27.1 Å². The number of benzene rings is 5. The van der Waals surface area contributed by atoms with Crippen LogP contribution in [-0.4, -0.2) is 101 Å². The summed E-state index contributed by atoms with van der Waals surface area (Å²) in [7, 11) is -7.68. The van der Waals surface area contributed by atoms with Gasteiger partial charge in [0.25, 0.3) is 10.0 Å². The molecule has 0 amide bonds. The predicted molar refractivity (Wildman–Crippen MR) is 292 cm³/mol. The van der Waals surface area contributed by atoms with Crippen molar-refractivity contribution < 1.29 is 31.1 Å². The maximum atomic E-state index is 15.7. The zero-order valence-corrected chi connectivity index (χ0v) is 44.9. The monoisotopic (exact) mass is 1050 g/mol. The minimum atomic E-state index is -3.93. The van der Waals surface area contributed by atoms with Crippen LogP contribution in [-0.2, 0) is 24.7 Å². The Morgan fingerprint density at radius 3 is 2.04 bits per heavy atom. The number of thioether (sulfide) groups is 1. The Morgan fingerprint density at radius 1 is 0.806 bits per heavy atom. The second-order valence-electron chi connectivity index (χ2n) is 19.6. The van der Waals surface area contributed by atoms with Crippen molar-refractivity contribution in [3.8, 4) is 22.4 Å². The lowest BCUT2D eigenvalue weighted by molar-refractivity contribution is -0.150. The third-order valence-electron chi connectivity index (χ3n) is 14.0. The maximum Gasteiger partial charge on any atom is 0.309 e. The number of rotatable bonds is 18. The number of halogens is 2. The molecule has 17 heteroatoms. The minimum absolute atomic E-state index is 0.0722. The Balaban J connectivity index is 0.919. The van der Waals surface area contributed by atoms with Crippen LogP contribution in [0.15, 0.2) is 130 Å². The van der Waals surface area contributed by atoms with Gasteiger partial charge >= 0.3 is 5.97 Å². The average Bonchev–Trinajstić information content (AvgIpc) is 3.67. The Hall–Kier alpha value is -5.52. The summed E-state index contributed by atoms with van der Waals surface area (Å²) in [5.41, 5.74) is 5.92. The van der Waals surface area contributed by atoms with Gasteiger partial charge < -0.3 is 29.7 Å². The highest BCUT2D eigenvalue weighted by Crippen LogP contribution is 2.45. The van der Waals surface area contributed by atoms with Crippen molar-refractivity contribution in [2.45, 2.75) is 80.7 Å². The number of carboxylic acid groups (broad SMARTS) is 1. The van der Waals surface area contributed by atoms with E-state index in [4.69, 9.17) is 11.6 Å². The lowest BCUT2D eigenvalue weighted by Crippen LogP contribution is -2.46. The van der Waals surface area contributed by atoms with Gasteiger partial charge in [-0.3, -0.25) is 9.52 Å². The van der Waals surface area contributed by atoms with E-state index in [0.717, 1.165) is 59.2 Å². The molecule has 2 aliphatic heterocycles. The molecule has 0 bridgehead atoms. The number of aliphatic carboxylic acids is 1. The van der Waals surface area contributed by atoms with E-state index >= 15 is 4.39 Å². The quantitative estimate of drug-likeness (QED) is 0.0708. The van der Waals surface area contributed by atoms with E-state index in [9.17, 15) is 26.7 Å².